The summed E-state index contributed by atoms with van der Waals surface area (Å²) in [5.41, 5.74) is 1.92. The molecule has 1 heterocycles. The third kappa shape index (κ3) is 5.87. The molecular weight excluding hydrogens is 372 g/mol. The second kappa shape index (κ2) is 11.1. The van der Waals surface area contributed by atoms with Crippen LogP contribution in [-0.2, 0) is 32.2 Å². The molecule has 154 valence electrons. The molecule has 2 aromatic rings. The lowest BCUT2D eigenvalue weighted by Gasteiger charge is -2.43. The molecule has 1 fully saturated rings. The van der Waals surface area contributed by atoms with Crippen molar-refractivity contribution in [3.8, 4) is 12.3 Å². The summed E-state index contributed by atoms with van der Waals surface area (Å²) < 4.78 is 23.4. The summed E-state index contributed by atoms with van der Waals surface area (Å²) in [7, 11) is 0. The maximum absolute atomic E-state index is 10.5. The number of aliphatic hydroxyl groups excluding tert-OH is 2. The predicted molar refractivity (Wildman–Crippen MR) is 107 cm³/mol. The monoisotopic (exact) mass is 398 g/mol. The van der Waals surface area contributed by atoms with Gasteiger partial charge in [0.1, 0.15) is 31.0 Å². The van der Waals surface area contributed by atoms with Crippen LogP contribution in [0.1, 0.15) is 11.1 Å². The van der Waals surface area contributed by atoms with Gasteiger partial charge in [-0.25, -0.2) is 0 Å². The fourth-order valence-corrected chi connectivity index (χ4v) is 3.29. The molecule has 5 atom stereocenters. The topological polar surface area (TPSA) is 77.4 Å². The van der Waals surface area contributed by atoms with Gasteiger partial charge in [0.05, 0.1) is 19.8 Å². The lowest BCUT2D eigenvalue weighted by Crippen LogP contribution is -2.61. The second-order valence-corrected chi connectivity index (χ2v) is 6.75. The van der Waals surface area contributed by atoms with Gasteiger partial charge in [0.15, 0.2) is 6.29 Å². The van der Waals surface area contributed by atoms with E-state index in [0.29, 0.717) is 0 Å². The van der Waals surface area contributed by atoms with E-state index in [1.165, 1.54) is 0 Å². The highest BCUT2D eigenvalue weighted by Crippen LogP contribution is 2.28. The summed E-state index contributed by atoms with van der Waals surface area (Å²) in [5.74, 6) is 2.42. The van der Waals surface area contributed by atoms with Gasteiger partial charge in [-0.05, 0) is 11.1 Å². The first-order valence-electron chi connectivity index (χ1n) is 9.53. The van der Waals surface area contributed by atoms with E-state index < -0.39 is 30.7 Å². The van der Waals surface area contributed by atoms with Gasteiger partial charge in [-0.2, -0.15) is 0 Å². The highest BCUT2D eigenvalue weighted by atomic mass is 16.7. The van der Waals surface area contributed by atoms with E-state index in [2.05, 4.69) is 5.92 Å². The number of ether oxygens (including phenoxy) is 4. The van der Waals surface area contributed by atoms with Crippen molar-refractivity contribution in [2.24, 2.45) is 0 Å². The van der Waals surface area contributed by atoms with E-state index in [-0.39, 0.29) is 26.4 Å². The largest absolute Gasteiger partial charge is 0.394 e. The molecule has 6 heteroatoms. The van der Waals surface area contributed by atoms with Gasteiger partial charge in [0.25, 0.3) is 0 Å². The second-order valence-electron chi connectivity index (χ2n) is 6.75. The average Bonchev–Trinajstić information content (AvgIpc) is 2.77. The van der Waals surface area contributed by atoms with Gasteiger partial charge in [0, 0.05) is 0 Å². The minimum absolute atomic E-state index is 0.0250. The highest BCUT2D eigenvalue weighted by Gasteiger charge is 2.47. The summed E-state index contributed by atoms with van der Waals surface area (Å²) in [6.45, 7) is 0.236. The van der Waals surface area contributed by atoms with Crippen molar-refractivity contribution in [3.05, 3.63) is 71.8 Å². The normalized spacial score (nSPS) is 26.7. The van der Waals surface area contributed by atoms with Gasteiger partial charge in [-0.1, -0.05) is 66.6 Å². The van der Waals surface area contributed by atoms with Crippen molar-refractivity contribution in [2.45, 2.75) is 43.9 Å². The van der Waals surface area contributed by atoms with E-state index in [4.69, 9.17) is 25.4 Å². The number of benzene rings is 2. The van der Waals surface area contributed by atoms with Crippen molar-refractivity contribution in [1.29, 1.82) is 0 Å². The molecule has 1 saturated heterocycles. The Morgan fingerprint density at radius 3 is 1.90 bits per heavy atom. The summed E-state index contributed by atoms with van der Waals surface area (Å²) in [4.78, 5) is 0. The van der Waals surface area contributed by atoms with Gasteiger partial charge < -0.3 is 29.2 Å². The van der Waals surface area contributed by atoms with Crippen molar-refractivity contribution in [1.82, 2.24) is 0 Å². The van der Waals surface area contributed by atoms with Gasteiger partial charge >= 0.3 is 0 Å². The fourth-order valence-electron chi connectivity index (χ4n) is 3.29. The molecule has 2 aromatic carbocycles. The molecule has 6 nitrogen and oxygen atoms in total. The number of rotatable bonds is 9. The van der Waals surface area contributed by atoms with Crippen LogP contribution in [0.2, 0.25) is 0 Å². The lowest BCUT2D eigenvalue weighted by atomic mass is 9.98. The molecule has 29 heavy (non-hydrogen) atoms. The molecule has 1 aliphatic rings. The van der Waals surface area contributed by atoms with Crippen molar-refractivity contribution in [3.63, 3.8) is 0 Å². The minimum atomic E-state index is -1.28. The lowest BCUT2D eigenvalue weighted by molar-refractivity contribution is -0.312. The Balaban J connectivity index is 1.77. The van der Waals surface area contributed by atoms with Crippen molar-refractivity contribution >= 4 is 0 Å². The van der Waals surface area contributed by atoms with Crippen LogP contribution < -0.4 is 0 Å². The van der Waals surface area contributed by atoms with E-state index in [1.807, 2.05) is 60.7 Å². The van der Waals surface area contributed by atoms with Crippen LogP contribution in [0.3, 0.4) is 0 Å². The maximum atomic E-state index is 10.5. The SMILES string of the molecule is C#CCO[C@H]1[C@H](OCc2ccccc2)[C@@H](OCc2ccccc2)[C@@H](O)O[C@@H]1CO. The third-order valence-corrected chi connectivity index (χ3v) is 4.72. The smallest absolute Gasteiger partial charge is 0.184 e. The first kappa shape index (κ1) is 21.5. The van der Waals surface area contributed by atoms with Crippen LogP contribution in [0.5, 0.6) is 0 Å². The van der Waals surface area contributed by atoms with Crippen LogP contribution in [0.15, 0.2) is 60.7 Å². The van der Waals surface area contributed by atoms with Gasteiger partial charge in [-0.15, -0.1) is 6.42 Å². The van der Waals surface area contributed by atoms with Crippen LogP contribution in [-0.4, -0.2) is 54.1 Å². The zero-order valence-electron chi connectivity index (χ0n) is 16.1. The molecule has 0 spiro atoms. The molecule has 0 radical (unpaired) electrons. The number of aliphatic hydroxyl groups is 2. The number of terminal acetylenes is 1. The molecule has 1 aliphatic heterocycles. The Hall–Kier alpha value is -2.24. The molecule has 0 unspecified atom stereocenters. The van der Waals surface area contributed by atoms with Crippen LogP contribution in [0.4, 0.5) is 0 Å². The quantitative estimate of drug-likeness (QED) is 0.628. The standard InChI is InChI=1S/C23H26O6/c1-2-13-26-20-19(14-24)29-23(25)22(28-16-18-11-7-4-8-12-18)21(20)27-15-17-9-5-3-6-10-17/h1,3-12,19-25H,13-16H2/t19-,20-,21+,22-,23+/m1/s1. The first-order valence-corrected chi connectivity index (χ1v) is 9.53. The van der Waals surface area contributed by atoms with Crippen LogP contribution >= 0.6 is 0 Å². The molecule has 0 aromatic heterocycles. The zero-order chi connectivity index (χ0) is 20.5. The van der Waals surface area contributed by atoms with Crippen molar-refractivity contribution in [2.75, 3.05) is 13.2 Å². The predicted octanol–water partition coefficient (Wildman–Crippen LogP) is 1.89. The molecule has 0 aliphatic carbocycles. The average molecular weight is 398 g/mol. The van der Waals surface area contributed by atoms with Crippen LogP contribution in [0.25, 0.3) is 0 Å². The van der Waals surface area contributed by atoms with E-state index in [1.54, 1.807) is 0 Å². The summed E-state index contributed by atoms with van der Waals surface area (Å²) in [6, 6.07) is 19.3. The Morgan fingerprint density at radius 2 is 1.38 bits per heavy atom. The Labute approximate surface area is 171 Å². The summed E-state index contributed by atoms with van der Waals surface area (Å²) >= 11 is 0. The Bertz CT molecular complexity index is 760. The summed E-state index contributed by atoms with van der Waals surface area (Å²) in [5, 5.41) is 20.2. The van der Waals surface area contributed by atoms with Crippen LogP contribution in [0, 0.1) is 12.3 Å². The third-order valence-electron chi connectivity index (χ3n) is 4.72. The van der Waals surface area contributed by atoms with Crippen molar-refractivity contribution < 1.29 is 29.2 Å². The fraction of sp³-hybridized carbons (Fsp3) is 0.391. The van der Waals surface area contributed by atoms with E-state index in [0.717, 1.165) is 11.1 Å². The minimum Gasteiger partial charge on any atom is -0.394 e. The molecule has 0 amide bonds. The number of hydrogen-bond donors (Lipinski definition) is 2. The highest BCUT2D eigenvalue weighted by molar-refractivity contribution is 5.14. The molecule has 0 saturated carbocycles. The molecule has 3 rings (SSSR count). The Kier molecular flexibility index (Phi) is 8.20. The number of hydrogen-bond acceptors (Lipinski definition) is 6. The first-order chi connectivity index (χ1) is 14.2. The van der Waals surface area contributed by atoms with Gasteiger partial charge in [-0.3, -0.25) is 0 Å². The Morgan fingerprint density at radius 1 is 0.828 bits per heavy atom. The molecule has 2 N–H and O–H groups in total. The molecular formula is C23H26O6. The van der Waals surface area contributed by atoms with E-state index in [9.17, 15) is 10.2 Å². The van der Waals surface area contributed by atoms with E-state index >= 15 is 0 Å². The van der Waals surface area contributed by atoms with Gasteiger partial charge in [0.2, 0.25) is 0 Å². The zero-order valence-corrected chi connectivity index (χ0v) is 16.1. The summed E-state index contributed by atoms with van der Waals surface area (Å²) in [6.07, 6.45) is 1.09. The maximum Gasteiger partial charge on any atom is 0.184 e. The molecule has 0 bridgehead atoms.